The van der Waals surface area contributed by atoms with Crippen LogP contribution in [0.15, 0.2) is 54.6 Å². The molecular formula is C16H17NO2. The molecule has 0 heterocycles. The number of ether oxygens (including phenoxy) is 1. The normalized spacial score (nSPS) is 9.95. The fraction of sp³-hybridized carbons (Fsp3) is 0.188. The molecule has 0 saturated heterocycles. The van der Waals surface area contributed by atoms with E-state index in [1.807, 2.05) is 54.6 Å². The Kier molecular flexibility index (Phi) is 4.56. The Balaban J connectivity index is 1.87. The molecule has 0 atom stereocenters. The van der Waals surface area contributed by atoms with Gasteiger partial charge < -0.3 is 10.1 Å². The SMILES string of the molecule is COc1cccc(CC(=O)NCc2ccccc2)c1. The number of hydrogen-bond donors (Lipinski definition) is 1. The molecule has 0 spiro atoms. The van der Waals surface area contributed by atoms with Crippen LogP contribution in [0.1, 0.15) is 11.1 Å². The van der Waals surface area contributed by atoms with Crippen LogP contribution in [0.5, 0.6) is 5.75 Å². The van der Waals surface area contributed by atoms with Gasteiger partial charge in [-0.1, -0.05) is 42.5 Å². The van der Waals surface area contributed by atoms with Crippen LogP contribution >= 0.6 is 0 Å². The minimum Gasteiger partial charge on any atom is -0.497 e. The first kappa shape index (κ1) is 13.1. The fourth-order valence-electron chi connectivity index (χ4n) is 1.83. The van der Waals surface area contributed by atoms with Crippen molar-refractivity contribution in [2.24, 2.45) is 0 Å². The van der Waals surface area contributed by atoms with Crippen LogP contribution in [0.4, 0.5) is 0 Å². The summed E-state index contributed by atoms with van der Waals surface area (Å²) in [5.41, 5.74) is 2.05. The van der Waals surface area contributed by atoms with Gasteiger partial charge in [-0.15, -0.1) is 0 Å². The Morgan fingerprint density at radius 1 is 1.05 bits per heavy atom. The van der Waals surface area contributed by atoms with Crippen molar-refractivity contribution in [2.75, 3.05) is 7.11 Å². The summed E-state index contributed by atoms with van der Waals surface area (Å²) in [6.45, 7) is 0.559. The van der Waals surface area contributed by atoms with Crippen molar-refractivity contribution in [3.05, 3.63) is 65.7 Å². The molecule has 19 heavy (non-hydrogen) atoms. The lowest BCUT2D eigenvalue weighted by molar-refractivity contribution is -0.120. The van der Waals surface area contributed by atoms with Gasteiger partial charge >= 0.3 is 0 Å². The van der Waals surface area contributed by atoms with E-state index >= 15 is 0 Å². The Morgan fingerprint density at radius 2 is 1.79 bits per heavy atom. The van der Waals surface area contributed by atoms with E-state index in [0.717, 1.165) is 16.9 Å². The summed E-state index contributed by atoms with van der Waals surface area (Å²) in [4.78, 5) is 11.8. The van der Waals surface area contributed by atoms with Gasteiger partial charge in [0.25, 0.3) is 0 Å². The molecule has 0 saturated carbocycles. The number of rotatable bonds is 5. The number of amides is 1. The summed E-state index contributed by atoms with van der Waals surface area (Å²) < 4.78 is 5.13. The van der Waals surface area contributed by atoms with Crippen molar-refractivity contribution in [1.82, 2.24) is 5.32 Å². The third kappa shape index (κ3) is 4.14. The van der Waals surface area contributed by atoms with Gasteiger partial charge in [0.05, 0.1) is 13.5 Å². The highest BCUT2D eigenvalue weighted by Gasteiger charge is 2.04. The van der Waals surface area contributed by atoms with Crippen LogP contribution in [-0.2, 0) is 17.8 Å². The summed E-state index contributed by atoms with van der Waals surface area (Å²) in [6, 6.07) is 17.4. The van der Waals surface area contributed by atoms with Crippen molar-refractivity contribution in [2.45, 2.75) is 13.0 Å². The summed E-state index contributed by atoms with van der Waals surface area (Å²) in [6.07, 6.45) is 0.365. The van der Waals surface area contributed by atoms with E-state index in [0.29, 0.717) is 13.0 Å². The van der Waals surface area contributed by atoms with Crippen molar-refractivity contribution in [1.29, 1.82) is 0 Å². The van der Waals surface area contributed by atoms with E-state index in [9.17, 15) is 4.79 Å². The number of carbonyl (C=O) groups excluding carboxylic acids is 1. The van der Waals surface area contributed by atoms with Crippen molar-refractivity contribution in [3.8, 4) is 5.75 Å². The van der Waals surface area contributed by atoms with E-state index in [2.05, 4.69) is 5.32 Å². The molecule has 2 aromatic rings. The zero-order valence-electron chi connectivity index (χ0n) is 10.9. The summed E-state index contributed by atoms with van der Waals surface area (Å²) in [5, 5.41) is 2.91. The Bertz CT molecular complexity index is 537. The zero-order valence-corrected chi connectivity index (χ0v) is 10.9. The molecule has 0 bridgehead atoms. The molecular weight excluding hydrogens is 238 g/mol. The van der Waals surface area contributed by atoms with Gasteiger partial charge in [0.1, 0.15) is 5.75 Å². The van der Waals surface area contributed by atoms with Crippen LogP contribution in [0, 0.1) is 0 Å². The smallest absolute Gasteiger partial charge is 0.224 e. The van der Waals surface area contributed by atoms with Gasteiger partial charge in [-0.2, -0.15) is 0 Å². The lowest BCUT2D eigenvalue weighted by Crippen LogP contribution is -2.24. The summed E-state index contributed by atoms with van der Waals surface area (Å²) in [5.74, 6) is 0.783. The molecule has 0 fully saturated rings. The summed E-state index contributed by atoms with van der Waals surface area (Å²) >= 11 is 0. The number of carbonyl (C=O) groups is 1. The molecule has 0 aliphatic rings. The van der Waals surface area contributed by atoms with E-state index in [-0.39, 0.29) is 5.91 Å². The summed E-state index contributed by atoms with van der Waals surface area (Å²) in [7, 11) is 1.62. The van der Waals surface area contributed by atoms with Crippen LogP contribution < -0.4 is 10.1 Å². The topological polar surface area (TPSA) is 38.3 Å². The molecule has 2 aromatic carbocycles. The van der Waals surface area contributed by atoms with E-state index in [4.69, 9.17) is 4.74 Å². The van der Waals surface area contributed by atoms with Crippen LogP contribution in [-0.4, -0.2) is 13.0 Å². The maximum absolute atomic E-state index is 11.8. The van der Waals surface area contributed by atoms with Crippen LogP contribution in [0.2, 0.25) is 0 Å². The van der Waals surface area contributed by atoms with E-state index in [1.54, 1.807) is 7.11 Å². The Morgan fingerprint density at radius 3 is 2.53 bits per heavy atom. The molecule has 0 radical (unpaired) electrons. The van der Waals surface area contributed by atoms with E-state index < -0.39 is 0 Å². The molecule has 0 aliphatic heterocycles. The van der Waals surface area contributed by atoms with Crippen LogP contribution in [0.3, 0.4) is 0 Å². The zero-order chi connectivity index (χ0) is 13.5. The second-order valence-electron chi connectivity index (χ2n) is 4.29. The lowest BCUT2D eigenvalue weighted by Gasteiger charge is -2.06. The third-order valence-electron chi connectivity index (χ3n) is 2.83. The predicted molar refractivity (Wildman–Crippen MR) is 75.0 cm³/mol. The van der Waals surface area contributed by atoms with Gasteiger partial charge in [0.2, 0.25) is 5.91 Å². The van der Waals surface area contributed by atoms with Crippen molar-refractivity contribution in [3.63, 3.8) is 0 Å². The van der Waals surface area contributed by atoms with Gasteiger partial charge in [-0.05, 0) is 23.3 Å². The molecule has 1 N–H and O–H groups in total. The number of hydrogen-bond acceptors (Lipinski definition) is 2. The Labute approximate surface area is 113 Å². The first-order valence-electron chi connectivity index (χ1n) is 6.21. The standard InChI is InChI=1S/C16H17NO2/c1-19-15-9-5-8-14(10-15)11-16(18)17-12-13-6-3-2-4-7-13/h2-10H,11-12H2,1H3,(H,17,18). The van der Waals surface area contributed by atoms with Gasteiger partial charge in [-0.3, -0.25) is 4.79 Å². The minimum atomic E-state index is 0.0112. The van der Waals surface area contributed by atoms with Crippen LogP contribution in [0.25, 0.3) is 0 Å². The maximum Gasteiger partial charge on any atom is 0.224 e. The van der Waals surface area contributed by atoms with Gasteiger partial charge in [0, 0.05) is 6.54 Å². The first-order chi connectivity index (χ1) is 9.28. The maximum atomic E-state index is 11.8. The third-order valence-corrected chi connectivity index (χ3v) is 2.83. The predicted octanol–water partition coefficient (Wildman–Crippen LogP) is 2.55. The quantitative estimate of drug-likeness (QED) is 0.891. The van der Waals surface area contributed by atoms with Gasteiger partial charge in [0.15, 0.2) is 0 Å². The minimum absolute atomic E-state index is 0.0112. The first-order valence-corrected chi connectivity index (χ1v) is 6.21. The fourth-order valence-corrected chi connectivity index (χ4v) is 1.83. The highest BCUT2D eigenvalue weighted by atomic mass is 16.5. The molecule has 0 unspecified atom stereocenters. The lowest BCUT2D eigenvalue weighted by atomic mass is 10.1. The van der Waals surface area contributed by atoms with Crippen molar-refractivity contribution >= 4 is 5.91 Å². The Hall–Kier alpha value is -2.29. The largest absolute Gasteiger partial charge is 0.497 e. The molecule has 0 aliphatic carbocycles. The second kappa shape index (κ2) is 6.59. The number of methoxy groups -OCH3 is 1. The number of benzene rings is 2. The molecule has 2 rings (SSSR count). The average Bonchev–Trinajstić information content (AvgIpc) is 2.46. The highest BCUT2D eigenvalue weighted by Crippen LogP contribution is 2.12. The second-order valence-corrected chi connectivity index (χ2v) is 4.29. The molecule has 1 amide bonds. The van der Waals surface area contributed by atoms with E-state index in [1.165, 1.54) is 0 Å². The van der Waals surface area contributed by atoms with Crippen molar-refractivity contribution < 1.29 is 9.53 Å². The monoisotopic (exact) mass is 255 g/mol. The molecule has 98 valence electrons. The highest BCUT2D eigenvalue weighted by molar-refractivity contribution is 5.78. The molecule has 3 heteroatoms. The molecule has 0 aromatic heterocycles. The number of nitrogens with one attached hydrogen (secondary N) is 1. The van der Waals surface area contributed by atoms with Gasteiger partial charge in [-0.25, -0.2) is 0 Å². The molecule has 3 nitrogen and oxygen atoms in total. The average molecular weight is 255 g/mol.